The molecule has 0 saturated carbocycles. The molecule has 2 fully saturated rings. The first-order chi connectivity index (χ1) is 10.2. The van der Waals surface area contributed by atoms with Crippen molar-refractivity contribution in [1.29, 1.82) is 0 Å². The van der Waals surface area contributed by atoms with Gasteiger partial charge < -0.3 is 9.64 Å². The molecular weight excluding hydrogens is 268 g/mol. The van der Waals surface area contributed by atoms with Gasteiger partial charge in [-0.2, -0.15) is 0 Å². The van der Waals surface area contributed by atoms with Crippen LogP contribution in [0.15, 0.2) is 24.3 Å². The van der Waals surface area contributed by atoms with Crippen LogP contribution in [0.1, 0.15) is 5.56 Å². The summed E-state index contributed by atoms with van der Waals surface area (Å²) in [6.07, 6.45) is 0.930. The SMILES string of the molecule is O=C1OC[C@H]2CN(CC(=O)N3CCc4ccccc43)C[C@@H]12. The number of esters is 1. The van der Waals surface area contributed by atoms with Gasteiger partial charge in [0.05, 0.1) is 19.1 Å². The van der Waals surface area contributed by atoms with E-state index in [1.54, 1.807) is 0 Å². The maximum absolute atomic E-state index is 12.5. The molecule has 2 saturated heterocycles. The number of amides is 1. The zero-order valence-electron chi connectivity index (χ0n) is 11.8. The molecule has 0 radical (unpaired) electrons. The molecule has 3 aliphatic rings. The molecule has 2 atom stereocenters. The molecule has 21 heavy (non-hydrogen) atoms. The van der Waals surface area contributed by atoms with Gasteiger partial charge in [0.1, 0.15) is 0 Å². The van der Waals surface area contributed by atoms with Crippen molar-refractivity contribution in [3.8, 4) is 0 Å². The lowest BCUT2D eigenvalue weighted by Gasteiger charge is -2.22. The van der Waals surface area contributed by atoms with Gasteiger partial charge in [0, 0.05) is 31.2 Å². The Balaban J connectivity index is 1.43. The first-order valence-electron chi connectivity index (χ1n) is 7.49. The zero-order chi connectivity index (χ0) is 14.4. The maximum Gasteiger partial charge on any atom is 0.310 e. The van der Waals surface area contributed by atoms with Crippen LogP contribution in [0.25, 0.3) is 0 Å². The second-order valence-electron chi connectivity index (χ2n) is 6.11. The Hall–Kier alpha value is -1.88. The second kappa shape index (κ2) is 4.84. The van der Waals surface area contributed by atoms with E-state index in [4.69, 9.17) is 4.74 Å². The molecule has 3 aliphatic heterocycles. The Morgan fingerprint density at radius 2 is 2.14 bits per heavy atom. The molecule has 3 heterocycles. The van der Waals surface area contributed by atoms with Crippen molar-refractivity contribution in [2.24, 2.45) is 11.8 Å². The van der Waals surface area contributed by atoms with E-state index in [0.29, 0.717) is 19.7 Å². The van der Waals surface area contributed by atoms with Crippen molar-refractivity contribution in [3.05, 3.63) is 29.8 Å². The van der Waals surface area contributed by atoms with E-state index < -0.39 is 0 Å². The molecule has 0 bridgehead atoms. The van der Waals surface area contributed by atoms with Gasteiger partial charge in [-0.1, -0.05) is 18.2 Å². The van der Waals surface area contributed by atoms with E-state index >= 15 is 0 Å². The average Bonchev–Trinajstić information content (AvgIpc) is 3.15. The standard InChI is InChI=1S/C16H18N2O3/c19-15(18-6-5-11-3-1-2-4-14(11)18)9-17-7-12-10-21-16(20)13(12)8-17/h1-4,12-13H,5-10H2/t12-,13-/m1/s1. The summed E-state index contributed by atoms with van der Waals surface area (Å²) in [7, 11) is 0. The Bertz CT molecular complexity index is 601. The highest BCUT2D eigenvalue weighted by Crippen LogP contribution is 2.31. The highest BCUT2D eigenvalue weighted by molar-refractivity contribution is 5.96. The quantitative estimate of drug-likeness (QED) is 0.750. The van der Waals surface area contributed by atoms with Gasteiger partial charge in [0.15, 0.2) is 0 Å². The van der Waals surface area contributed by atoms with Crippen LogP contribution in [0, 0.1) is 11.8 Å². The van der Waals surface area contributed by atoms with E-state index in [1.807, 2.05) is 23.1 Å². The molecule has 4 rings (SSSR count). The molecule has 1 amide bonds. The molecule has 0 spiro atoms. The lowest BCUT2D eigenvalue weighted by atomic mass is 10.0. The fourth-order valence-corrected chi connectivity index (χ4v) is 3.70. The van der Waals surface area contributed by atoms with Crippen LogP contribution in [0.2, 0.25) is 0 Å². The maximum atomic E-state index is 12.5. The van der Waals surface area contributed by atoms with Gasteiger partial charge in [-0.15, -0.1) is 0 Å². The van der Waals surface area contributed by atoms with Crippen LogP contribution < -0.4 is 4.90 Å². The van der Waals surface area contributed by atoms with Crippen LogP contribution in [0.3, 0.4) is 0 Å². The molecule has 0 aromatic heterocycles. The highest BCUT2D eigenvalue weighted by Gasteiger charge is 2.44. The van der Waals surface area contributed by atoms with Crippen molar-refractivity contribution in [1.82, 2.24) is 4.90 Å². The highest BCUT2D eigenvalue weighted by atomic mass is 16.5. The van der Waals surface area contributed by atoms with Crippen molar-refractivity contribution in [2.75, 3.05) is 37.7 Å². The third-order valence-corrected chi connectivity index (χ3v) is 4.81. The lowest BCUT2D eigenvalue weighted by Crippen LogP contribution is -2.39. The minimum atomic E-state index is -0.0959. The first-order valence-corrected chi connectivity index (χ1v) is 7.49. The predicted octanol–water partition coefficient (Wildman–Crippen LogP) is 0.680. The van der Waals surface area contributed by atoms with Crippen LogP contribution in [0.5, 0.6) is 0 Å². The Morgan fingerprint density at radius 1 is 1.29 bits per heavy atom. The molecule has 5 heteroatoms. The van der Waals surface area contributed by atoms with Crippen molar-refractivity contribution < 1.29 is 14.3 Å². The minimum absolute atomic E-state index is 0.0244. The second-order valence-corrected chi connectivity index (χ2v) is 6.11. The van der Waals surface area contributed by atoms with E-state index in [-0.39, 0.29) is 23.7 Å². The number of para-hydroxylation sites is 1. The number of nitrogens with zero attached hydrogens (tertiary/aromatic N) is 2. The summed E-state index contributed by atoms with van der Waals surface area (Å²) in [5, 5.41) is 0. The predicted molar refractivity (Wildman–Crippen MR) is 76.9 cm³/mol. The summed E-state index contributed by atoms with van der Waals surface area (Å²) in [5.41, 5.74) is 2.29. The number of carbonyl (C=O) groups excluding carboxylic acids is 2. The van der Waals surface area contributed by atoms with Crippen LogP contribution in [0.4, 0.5) is 5.69 Å². The molecule has 1 aromatic rings. The van der Waals surface area contributed by atoms with Gasteiger partial charge >= 0.3 is 5.97 Å². The minimum Gasteiger partial charge on any atom is -0.465 e. The van der Waals surface area contributed by atoms with Gasteiger partial charge in [-0.3, -0.25) is 14.5 Å². The summed E-state index contributed by atoms with van der Waals surface area (Å²) in [4.78, 5) is 28.1. The monoisotopic (exact) mass is 286 g/mol. The number of carbonyl (C=O) groups is 2. The Labute approximate surface area is 123 Å². The molecule has 1 aromatic carbocycles. The number of hydrogen-bond donors (Lipinski definition) is 0. The first kappa shape index (κ1) is 12.8. The van der Waals surface area contributed by atoms with Crippen molar-refractivity contribution >= 4 is 17.6 Å². The van der Waals surface area contributed by atoms with Crippen LogP contribution >= 0.6 is 0 Å². The van der Waals surface area contributed by atoms with Gasteiger partial charge in [0.2, 0.25) is 5.91 Å². The smallest absolute Gasteiger partial charge is 0.310 e. The van der Waals surface area contributed by atoms with Crippen LogP contribution in [-0.4, -0.2) is 49.6 Å². The summed E-state index contributed by atoms with van der Waals surface area (Å²) in [6.45, 7) is 3.12. The number of likely N-dealkylation sites (tertiary alicyclic amines) is 1. The summed E-state index contributed by atoms with van der Waals surface area (Å²) in [6, 6.07) is 8.08. The van der Waals surface area contributed by atoms with Gasteiger partial charge in [-0.05, 0) is 18.1 Å². The average molecular weight is 286 g/mol. The van der Waals surface area contributed by atoms with E-state index in [9.17, 15) is 9.59 Å². The molecule has 0 N–H and O–H groups in total. The van der Waals surface area contributed by atoms with Crippen molar-refractivity contribution in [3.63, 3.8) is 0 Å². The number of cyclic esters (lactones) is 1. The van der Waals surface area contributed by atoms with E-state index in [1.165, 1.54) is 5.56 Å². The topological polar surface area (TPSA) is 49.9 Å². The molecule has 0 unspecified atom stereocenters. The molecule has 5 nitrogen and oxygen atoms in total. The fraction of sp³-hybridized carbons (Fsp3) is 0.500. The van der Waals surface area contributed by atoms with Crippen molar-refractivity contribution in [2.45, 2.75) is 6.42 Å². The third kappa shape index (κ3) is 2.12. The Kier molecular flexibility index (Phi) is 2.96. The molecular formula is C16H18N2O3. The number of rotatable bonds is 2. The Morgan fingerprint density at radius 3 is 3.00 bits per heavy atom. The summed E-state index contributed by atoms with van der Waals surface area (Å²) < 4.78 is 5.06. The summed E-state index contributed by atoms with van der Waals surface area (Å²) in [5.74, 6) is 0.287. The van der Waals surface area contributed by atoms with Crippen LogP contribution in [-0.2, 0) is 20.7 Å². The zero-order valence-corrected chi connectivity index (χ0v) is 11.8. The number of ether oxygens (including phenoxy) is 1. The van der Waals surface area contributed by atoms with Gasteiger partial charge in [0.25, 0.3) is 0 Å². The number of anilines is 1. The largest absolute Gasteiger partial charge is 0.465 e. The number of fused-ring (bicyclic) bond motifs is 2. The summed E-state index contributed by atoms with van der Waals surface area (Å²) >= 11 is 0. The fourth-order valence-electron chi connectivity index (χ4n) is 3.70. The van der Waals surface area contributed by atoms with E-state index in [2.05, 4.69) is 11.0 Å². The van der Waals surface area contributed by atoms with E-state index in [0.717, 1.165) is 25.2 Å². The normalized spacial score (nSPS) is 27.6. The molecule has 110 valence electrons. The van der Waals surface area contributed by atoms with Gasteiger partial charge in [-0.25, -0.2) is 0 Å². The number of hydrogen-bond acceptors (Lipinski definition) is 4. The number of benzene rings is 1. The molecule has 0 aliphatic carbocycles. The third-order valence-electron chi connectivity index (χ3n) is 4.81. The lowest BCUT2D eigenvalue weighted by molar-refractivity contribution is -0.141.